The van der Waals surface area contributed by atoms with Crippen LogP contribution in [0.4, 0.5) is 14.5 Å². The smallest absolute Gasteiger partial charge is 0.258 e. The second kappa shape index (κ2) is 6.16. The molecule has 0 atom stereocenters. The summed E-state index contributed by atoms with van der Waals surface area (Å²) >= 11 is 0. The van der Waals surface area contributed by atoms with Gasteiger partial charge >= 0.3 is 0 Å². The van der Waals surface area contributed by atoms with Crippen LogP contribution in [-0.2, 0) is 0 Å². The van der Waals surface area contributed by atoms with Gasteiger partial charge in [0.05, 0.1) is 5.56 Å². The quantitative estimate of drug-likeness (QED) is 0.910. The maximum atomic E-state index is 13.5. The molecule has 2 aromatic rings. The van der Waals surface area contributed by atoms with Gasteiger partial charge < -0.3 is 10.6 Å². The summed E-state index contributed by atoms with van der Waals surface area (Å²) in [5.74, 6) is -2.41. The Hall–Kier alpha value is -2.76. The van der Waals surface area contributed by atoms with E-state index in [-0.39, 0.29) is 17.5 Å². The Labute approximate surface area is 131 Å². The molecule has 2 aromatic carbocycles. The standard InChI is InChI=1S/C17H14F2N2O2/c18-11-3-8-15(19)14(9-11)17(23)21-12-4-1-10(2-5-12)16(22)20-13-6-7-13/h1-5,8-9,13H,6-7H2,(H,20,22)(H,21,23). The highest BCUT2D eigenvalue weighted by Gasteiger charge is 2.23. The summed E-state index contributed by atoms with van der Waals surface area (Å²) in [4.78, 5) is 23.8. The van der Waals surface area contributed by atoms with Crippen LogP contribution in [0.15, 0.2) is 42.5 Å². The Kier molecular flexibility index (Phi) is 4.06. The largest absolute Gasteiger partial charge is 0.349 e. The molecule has 0 heterocycles. The second-order valence-electron chi connectivity index (χ2n) is 5.40. The average Bonchev–Trinajstić information content (AvgIpc) is 3.34. The van der Waals surface area contributed by atoms with Gasteiger partial charge in [0.2, 0.25) is 0 Å². The van der Waals surface area contributed by atoms with Crippen molar-refractivity contribution < 1.29 is 18.4 Å². The van der Waals surface area contributed by atoms with Crippen LogP contribution < -0.4 is 10.6 Å². The molecule has 2 amide bonds. The summed E-state index contributed by atoms with van der Waals surface area (Å²) in [6.07, 6.45) is 2.00. The van der Waals surface area contributed by atoms with Gasteiger partial charge in [-0.15, -0.1) is 0 Å². The first kappa shape index (κ1) is 15.1. The zero-order valence-corrected chi connectivity index (χ0v) is 12.1. The number of amides is 2. The van der Waals surface area contributed by atoms with Crippen molar-refractivity contribution in [3.05, 3.63) is 65.2 Å². The number of nitrogens with one attached hydrogen (secondary N) is 2. The molecule has 0 spiro atoms. The summed E-state index contributed by atoms with van der Waals surface area (Å²) in [5, 5.41) is 5.32. The molecule has 6 heteroatoms. The van der Waals surface area contributed by atoms with Crippen LogP contribution >= 0.6 is 0 Å². The van der Waals surface area contributed by atoms with Gasteiger partial charge in [-0.3, -0.25) is 9.59 Å². The minimum absolute atomic E-state index is 0.165. The van der Waals surface area contributed by atoms with Gasteiger partial charge in [-0.25, -0.2) is 8.78 Å². The van der Waals surface area contributed by atoms with Gasteiger partial charge in [0.1, 0.15) is 11.6 Å². The van der Waals surface area contributed by atoms with E-state index in [0.717, 1.165) is 31.0 Å². The molecular formula is C17H14F2N2O2. The van der Waals surface area contributed by atoms with Gasteiger partial charge in [0.25, 0.3) is 11.8 Å². The first-order valence-electron chi connectivity index (χ1n) is 7.20. The first-order valence-corrected chi connectivity index (χ1v) is 7.20. The van der Waals surface area contributed by atoms with E-state index in [4.69, 9.17) is 0 Å². The number of anilines is 1. The van der Waals surface area contributed by atoms with Crippen molar-refractivity contribution in [2.24, 2.45) is 0 Å². The third kappa shape index (κ3) is 3.71. The van der Waals surface area contributed by atoms with E-state index in [1.165, 1.54) is 12.1 Å². The highest BCUT2D eigenvalue weighted by atomic mass is 19.1. The first-order chi connectivity index (χ1) is 11.0. The lowest BCUT2D eigenvalue weighted by Crippen LogP contribution is -2.25. The van der Waals surface area contributed by atoms with E-state index in [1.54, 1.807) is 12.1 Å². The third-order valence-corrected chi connectivity index (χ3v) is 3.49. The Bertz CT molecular complexity index is 756. The molecule has 1 aliphatic carbocycles. The van der Waals surface area contributed by atoms with Crippen molar-refractivity contribution in [2.45, 2.75) is 18.9 Å². The van der Waals surface area contributed by atoms with E-state index < -0.39 is 17.5 Å². The van der Waals surface area contributed by atoms with Crippen LogP contribution in [0.2, 0.25) is 0 Å². The predicted octanol–water partition coefficient (Wildman–Crippen LogP) is 3.11. The number of hydrogen-bond acceptors (Lipinski definition) is 2. The van der Waals surface area contributed by atoms with Gasteiger partial charge in [-0.05, 0) is 55.3 Å². The Morgan fingerprint density at radius 2 is 1.65 bits per heavy atom. The fraction of sp³-hybridized carbons (Fsp3) is 0.176. The Morgan fingerprint density at radius 1 is 0.957 bits per heavy atom. The van der Waals surface area contributed by atoms with E-state index in [0.29, 0.717) is 11.3 Å². The Morgan fingerprint density at radius 3 is 2.30 bits per heavy atom. The summed E-state index contributed by atoms with van der Waals surface area (Å²) in [5.41, 5.74) is 0.494. The number of benzene rings is 2. The van der Waals surface area contributed by atoms with Gasteiger partial charge in [0.15, 0.2) is 0 Å². The minimum Gasteiger partial charge on any atom is -0.349 e. The zero-order chi connectivity index (χ0) is 16.4. The normalized spacial score (nSPS) is 13.5. The van der Waals surface area contributed by atoms with E-state index in [1.807, 2.05) is 0 Å². The summed E-state index contributed by atoms with van der Waals surface area (Å²) < 4.78 is 26.6. The van der Waals surface area contributed by atoms with Crippen LogP contribution in [0.3, 0.4) is 0 Å². The lowest BCUT2D eigenvalue weighted by Gasteiger charge is -2.08. The average molecular weight is 316 g/mol. The second-order valence-corrected chi connectivity index (χ2v) is 5.40. The van der Waals surface area contributed by atoms with E-state index >= 15 is 0 Å². The molecule has 23 heavy (non-hydrogen) atoms. The number of halogens is 2. The fourth-order valence-corrected chi connectivity index (χ4v) is 2.07. The van der Waals surface area contributed by atoms with Crippen molar-refractivity contribution in [1.82, 2.24) is 5.32 Å². The molecule has 0 aliphatic heterocycles. The maximum absolute atomic E-state index is 13.5. The highest BCUT2D eigenvalue weighted by molar-refractivity contribution is 6.04. The number of carbonyl (C=O) groups is 2. The van der Waals surface area contributed by atoms with E-state index in [9.17, 15) is 18.4 Å². The maximum Gasteiger partial charge on any atom is 0.258 e. The molecule has 0 aromatic heterocycles. The molecule has 118 valence electrons. The topological polar surface area (TPSA) is 58.2 Å². The van der Waals surface area contributed by atoms with E-state index in [2.05, 4.69) is 10.6 Å². The van der Waals surface area contributed by atoms with Crippen molar-refractivity contribution in [2.75, 3.05) is 5.32 Å². The molecule has 1 saturated carbocycles. The monoisotopic (exact) mass is 316 g/mol. The molecular weight excluding hydrogens is 302 g/mol. The number of hydrogen-bond donors (Lipinski definition) is 2. The van der Waals surface area contributed by atoms with Gasteiger partial charge in [-0.1, -0.05) is 0 Å². The molecule has 0 radical (unpaired) electrons. The summed E-state index contributed by atoms with van der Waals surface area (Å²) in [6.45, 7) is 0. The van der Waals surface area contributed by atoms with Crippen molar-refractivity contribution in [3.63, 3.8) is 0 Å². The summed E-state index contributed by atoms with van der Waals surface area (Å²) in [7, 11) is 0. The predicted molar refractivity (Wildman–Crippen MR) is 81.2 cm³/mol. The highest BCUT2D eigenvalue weighted by Crippen LogP contribution is 2.20. The minimum atomic E-state index is -0.802. The van der Waals surface area contributed by atoms with Crippen LogP contribution in [0, 0.1) is 11.6 Å². The Balaban J connectivity index is 1.68. The van der Waals surface area contributed by atoms with Crippen LogP contribution in [-0.4, -0.2) is 17.9 Å². The van der Waals surface area contributed by atoms with Crippen molar-refractivity contribution in [3.8, 4) is 0 Å². The van der Waals surface area contributed by atoms with Crippen molar-refractivity contribution in [1.29, 1.82) is 0 Å². The molecule has 0 saturated heterocycles. The van der Waals surface area contributed by atoms with Crippen LogP contribution in [0.25, 0.3) is 0 Å². The molecule has 1 aliphatic rings. The number of rotatable bonds is 4. The molecule has 0 unspecified atom stereocenters. The van der Waals surface area contributed by atoms with Gasteiger partial charge in [-0.2, -0.15) is 0 Å². The number of carbonyl (C=O) groups excluding carboxylic acids is 2. The lowest BCUT2D eigenvalue weighted by molar-refractivity contribution is 0.0950. The third-order valence-electron chi connectivity index (χ3n) is 3.49. The van der Waals surface area contributed by atoms with Gasteiger partial charge in [0, 0.05) is 17.3 Å². The molecule has 4 nitrogen and oxygen atoms in total. The van der Waals surface area contributed by atoms with Crippen LogP contribution in [0.5, 0.6) is 0 Å². The molecule has 3 rings (SSSR count). The molecule has 1 fully saturated rings. The fourth-order valence-electron chi connectivity index (χ4n) is 2.07. The SMILES string of the molecule is O=C(NC1CC1)c1ccc(NC(=O)c2cc(F)ccc2F)cc1. The summed E-state index contributed by atoms with van der Waals surface area (Å²) in [6, 6.07) is 9.15. The van der Waals surface area contributed by atoms with Crippen LogP contribution in [0.1, 0.15) is 33.6 Å². The lowest BCUT2D eigenvalue weighted by atomic mass is 10.1. The van der Waals surface area contributed by atoms with Crippen molar-refractivity contribution >= 4 is 17.5 Å². The molecule has 2 N–H and O–H groups in total. The molecule has 0 bridgehead atoms. The zero-order valence-electron chi connectivity index (χ0n) is 12.1.